The zero-order valence-corrected chi connectivity index (χ0v) is 15.6. The van der Waals surface area contributed by atoms with E-state index in [0.717, 1.165) is 0 Å². The summed E-state index contributed by atoms with van der Waals surface area (Å²) in [6, 6.07) is 15.4. The average molecular weight is 368 g/mol. The Morgan fingerprint density at radius 1 is 0.741 bits per heavy atom. The second kappa shape index (κ2) is 8.84. The Hall–Kier alpha value is -3.35. The van der Waals surface area contributed by atoms with Gasteiger partial charge in [0, 0.05) is 22.5 Å². The van der Waals surface area contributed by atoms with Gasteiger partial charge in [0.2, 0.25) is 11.8 Å². The number of hydrogen-bond acceptors (Lipinski definition) is 3. The third-order valence-electron chi connectivity index (χ3n) is 3.55. The van der Waals surface area contributed by atoms with Gasteiger partial charge in [-0.1, -0.05) is 39.0 Å². The topological polar surface area (TPSA) is 99.3 Å². The predicted molar refractivity (Wildman–Crippen MR) is 107 cm³/mol. The Kier molecular flexibility index (Phi) is 6.54. The van der Waals surface area contributed by atoms with Crippen molar-refractivity contribution in [2.24, 2.45) is 5.41 Å². The van der Waals surface area contributed by atoms with E-state index in [4.69, 9.17) is 0 Å². The molecule has 0 aliphatic carbocycles. The molecule has 0 unspecified atom stereocenters. The molecule has 0 radical (unpaired) electrons. The summed E-state index contributed by atoms with van der Waals surface area (Å²) in [4.78, 5) is 35.6. The van der Waals surface area contributed by atoms with Crippen molar-refractivity contribution < 1.29 is 14.4 Å². The van der Waals surface area contributed by atoms with Gasteiger partial charge >= 0.3 is 6.03 Å². The van der Waals surface area contributed by atoms with Crippen molar-refractivity contribution in [1.82, 2.24) is 5.32 Å². The molecule has 0 bridgehead atoms. The largest absolute Gasteiger partial charge is 0.347 e. The smallest absolute Gasteiger partial charge is 0.323 e. The highest BCUT2D eigenvalue weighted by atomic mass is 16.2. The van der Waals surface area contributed by atoms with Crippen LogP contribution in [0.4, 0.5) is 21.9 Å². The number of benzene rings is 2. The molecule has 0 aliphatic heterocycles. The van der Waals surface area contributed by atoms with Crippen molar-refractivity contribution in [3.63, 3.8) is 0 Å². The van der Waals surface area contributed by atoms with Crippen molar-refractivity contribution in [2.45, 2.75) is 20.8 Å². The molecule has 0 atom stereocenters. The van der Waals surface area contributed by atoms with Crippen molar-refractivity contribution in [1.29, 1.82) is 0 Å². The summed E-state index contributed by atoms with van der Waals surface area (Å²) in [5, 5.41) is 10.7. The quantitative estimate of drug-likeness (QED) is 0.650. The fourth-order valence-electron chi connectivity index (χ4n) is 2.08. The number of hydrogen-bond donors (Lipinski definition) is 4. The first-order valence-corrected chi connectivity index (χ1v) is 8.55. The van der Waals surface area contributed by atoms with Crippen LogP contribution in [-0.2, 0) is 9.59 Å². The zero-order valence-electron chi connectivity index (χ0n) is 15.6. The predicted octanol–water partition coefficient (Wildman–Crippen LogP) is 3.43. The molecule has 0 heterocycles. The van der Waals surface area contributed by atoms with E-state index in [-0.39, 0.29) is 24.4 Å². The molecule has 7 heteroatoms. The van der Waals surface area contributed by atoms with E-state index in [0.29, 0.717) is 17.1 Å². The lowest BCUT2D eigenvalue weighted by molar-refractivity contribution is -0.130. The molecule has 0 saturated heterocycles. The third kappa shape index (κ3) is 6.81. The monoisotopic (exact) mass is 368 g/mol. The zero-order chi connectivity index (χ0) is 19.9. The number of carbonyl (C=O) groups is 3. The molecule has 0 spiro atoms. The van der Waals surface area contributed by atoms with Gasteiger partial charge in [-0.25, -0.2) is 4.79 Å². The highest BCUT2D eigenvalue weighted by Gasteiger charge is 2.21. The Morgan fingerprint density at radius 3 is 1.74 bits per heavy atom. The molecule has 0 aliphatic rings. The molecule has 27 heavy (non-hydrogen) atoms. The fraction of sp³-hybridized carbons (Fsp3) is 0.250. The van der Waals surface area contributed by atoms with Crippen LogP contribution < -0.4 is 21.3 Å². The Morgan fingerprint density at radius 2 is 1.22 bits per heavy atom. The van der Waals surface area contributed by atoms with Gasteiger partial charge in [-0.15, -0.1) is 0 Å². The summed E-state index contributed by atoms with van der Waals surface area (Å²) in [6.45, 7) is 5.23. The van der Waals surface area contributed by atoms with Gasteiger partial charge < -0.3 is 21.3 Å². The van der Waals surface area contributed by atoms with E-state index < -0.39 is 5.41 Å². The maximum absolute atomic E-state index is 11.9. The minimum atomic E-state index is -0.548. The van der Waals surface area contributed by atoms with Gasteiger partial charge in [-0.3, -0.25) is 9.59 Å². The number of nitrogens with one attached hydrogen (secondary N) is 4. The van der Waals surface area contributed by atoms with Gasteiger partial charge in [0.05, 0.1) is 6.54 Å². The molecule has 4 amide bonds. The van der Waals surface area contributed by atoms with E-state index in [1.807, 2.05) is 18.2 Å². The van der Waals surface area contributed by atoms with Gasteiger partial charge in [0.15, 0.2) is 0 Å². The molecule has 2 aromatic carbocycles. The fourth-order valence-corrected chi connectivity index (χ4v) is 2.08. The van der Waals surface area contributed by atoms with Gasteiger partial charge in [0.1, 0.15) is 0 Å². The lowest BCUT2D eigenvalue weighted by Crippen LogP contribution is -2.39. The molecular formula is C20H24N4O3. The van der Waals surface area contributed by atoms with Crippen LogP contribution in [0.5, 0.6) is 0 Å². The first kappa shape index (κ1) is 20.0. The number of carbonyl (C=O) groups excluding carboxylic acids is 3. The van der Waals surface area contributed by atoms with Crippen molar-refractivity contribution in [3.05, 3.63) is 54.6 Å². The highest BCUT2D eigenvalue weighted by Crippen LogP contribution is 2.15. The van der Waals surface area contributed by atoms with Crippen LogP contribution in [0.25, 0.3) is 0 Å². The molecule has 2 rings (SSSR count). The van der Waals surface area contributed by atoms with Crippen LogP contribution in [0, 0.1) is 5.41 Å². The number of urea groups is 1. The van der Waals surface area contributed by atoms with Gasteiger partial charge in [-0.2, -0.15) is 0 Å². The average Bonchev–Trinajstić information content (AvgIpc) is 2.61. The van der Waals surface area contributed by atoms with Gasteiger partial charge in [-0.05, 0) is 36.4 Å². The van der Waals surface area contributed by atoms with Gasteiger partial charge in [0.25, 0.3) is 0 Å². The van der Waals surface area contributed by atoms with Crippen LogP contribution in [0.15, 0.2) is 54.6 Å². The first-order valence-electron chi connectivity index (χ1n) is 8.55. The highest BCUT2D eigenvalue weighted by molar-refractivity contribution is 6.00. The van der Waals surface area contributed by atoms with E-state index in [1.165, 1.54) is 0 Å². The molecule has 0 saturated carbocycles. The lowest BCUT2D eigenvalue weighted by atomic mass is 9.96. The molecule has 0 fully saturated rings. The summed E-state index contributed by atoms with van der Waals surface area (Å²) in [6.07, 6.45) is 0. The molecule has 0 aromatic heterocycles. The van der Waals surface area contributed by atoms with E-state index >= 15 is 0 Å². The Bertz CT molecular complexity index is 796. The van der Waals surface area contributed by atoms with E-state index in [2.05, 4.69) is 21.3 Å². The first-order chi connectivity index (χ1) is 12.7. The molecule has 4 N–H and O–H groups in total. The molecule has 2 aromatic rings. The lowest BCUT2D eigenvalue weighted by Gasteiger charge is -2.17. The van der Waals surface area contributed by atoms with Crippen LogP contribution >= 0.6 is 0 Å². The summed E-state index contributed by atoms with van der Waals surface area (Å²) in [7, 11) is 0. The third-order valence-corrected chi connectivity index (χ3v) is 3.55. The van der Waals surface area contributed by atoms with Crippen LogP contribution in [0.1, 0.15) is 20.8 Å². The summed E-state index contributed by atoms with van der Waals surface area (Å²) >= 11 is 0. The second-order valence-electron chi connectivity index (χ2n) is 7.00. The molecule has 142 valence electrons. The number of rotatable bonds is 5. The Balaban J connectivity index is 1.81. The minimum Gasteiger partial charge on any atom is -0.347 e. The van der Waals surface area contributed by atoms with Crippen LogP contribution in [-0.4, -0.2) is 24.4 Å². The SMILES string of the molecule is CC(C)(C)C(=O)NCC(=O)Nc1ccc(NC(=O)Nc2ccccc2)cc1. The summed E-state index contributed by atoms with van der Waals surface area (Å²) < 4.78 is 0. The molecule has 7 nitrogen and oxygen atoms in total. The molecular weight excluding hydrogens is 344 g/mol. The van der Waals surface area contributed by atoms with Crippen molar-refractivity contribution in [3.8, 4) is 0 Å². The summed E-state index contributed by atoms with van der Waals surface area (Å²) in [5.74, 6) is -0.517. The number of amides is 4. The minimum absolute atomic E-state index is 0.102. The van der Waals surface area contributed by atoms with E-state index in [1.54, 1.807) is 57.2 Å². The number of para-hydroxylation sites is 1. The van der Waals surface area contributed by atoms with E-state index in [9.17, 15) is 14.4 Å². The van der Waals surface area contributed by atoms with Crippen LogP contribution in [0.3, 0.4) is 0 Å². The van der Waals surface area contributed by atoms with Crippen molar-refractivity contribution >= 4 is 34.9 Å². The Labute approximate surface area is 158 Å². The standard InChI is InChI=1S/C20H24N4O3/c1-20(2,3)18(26)21-13-17(25)22-15-9-11-16(12-10-15)24-19(27)23-14-7-5-4-6-8-14/h4-12H,13H2,1-3H3,(H,21,26)(H,22,25)(H2,23,24,27). The number of anilines is 3. The maximum atomic E-state index is 11.9. The second-order valence-corrected chi connectivity index (χ2v) is 7.00. The normalized spacial score (nSPS) is 10.6. The summed E-state index contributed by atoms with van der Waals surface area (Å²) in [5.41, 5.74) is 1.30. The van der Waals surface area contributed by atoms with Crippen LogP contribution in [0.2, 0.25) is 0 Å². The van der Waals surface area contributed by atoms with Crippen molar-refractivity contribution in [2.75, 3.05) is 22.5 Å². The maximum Gasteiger partial charge on any atom is 0.323 e.